The average Bonchev–Trinajstić information content (AvgIpc) is 2.37. The van der Waals surface area contributed by atoms with Gasteiger partial charge in [-0.2, -0.15) is 0 Å². The topological polar surface area (TPSA) is 46.5 Å². The average molecular weight is 265 g/mol. The van der Waals surface area contributed by atoms with Crippen molar-refractivity contribution in [1.29, 1.82) is 0 Å². The zero-order valence-electron chi connectivity index (χ0n) is 9.67. The van der Waals surface area contributed by atoms with E-state index in [9.17, 15) is 9.90 Å². The maximum Gasteiger partial charge on any atom is 0.338 e. The highest BCUT2D eigenvalue weighted by atomic mass is 35.5. The van der Waals surface area contributed by atoms with Crippen molar-refractivity contribution in [2.45, 2.75) is 18.1 Å². The molecule has 1 aliphatic carbocycles. The van der Waals surface area contributed by atoms with Crippen LogP contribution >= 0.6 is 11.6 Å². The maximum absolute atomic E-state index is 11.7. The monoisotopic (exact) mass is 264 g/mol. The first-order valence-electron chi connectivity index (χ1n) is 5.58. The minimum absolute atomic E-state index is 0.195. The summed E-state index contributed by atoms with van der Waals surface area (Å²) in [6, 6.07) is 9.44. The van der Waals surface area contributed by atoms with E-state index in [0.717, 1.165) is 5.56 Å². The van der Waals surface area contributed by atoms with E-state index in [1.54, 1.807) is 6.08 Å². The highest BCUT2D eigenvalue weighted by molar-refractivity contribution is 6.24. The third-order valence-corrected chi connectivity index (χ3v) is 2.86. The number of hydrogen-bond acceptors (Lipinski definition) is 3. The summed E-state index contributed by atoms with van der Waals surface area (Å²) in [4.78, 5) is 11.7. The second kappa shape index (κ2) is 5.38. The van der Waals surface area contributed by atoms with Crippen LogP contribution in [0.5, 0.6) is 0 Å². The molecule has 0 fully saturated rings. The van der Waals surface area contributed by atoms with Crippen molar-refractivity contribution in [3.63, 3.8) is 0 Å². The zero-order valence-corrected chi connectivity index (χ0v) is 10.4. The molecule has 4 heteroatoms. The fourth-order valence-corrected chi connectivity index (χ4v) is 1.70. The van der Waals surface area contributed by atoms with Crippen LogP contribution in [0, 0.1) is 0 Å². The molecule has 2 rings (SSSR count). The summed E-state index contributed by atoms with van der Waals surface area (Å²) in [5, 5.41) is 8.08. The molecule has 1 aromatic rings. The van der Waals surface area contributed by atoms with Crippen LogP contribution in [0.25, 0.3) is 0 Å². The summed E-state index contributed by atoms with van der Waals surface area (Å²) >= 11 is 5.69. The predicted octanol–water partition coefficient (Wildman–Crippen LogP) is 2.54. The number of benzene rings is 1. The van der Waals surface area contributed by atoms with Crippen molar-refractivity contribution in [1.82, 2.24) is 0 Å². The maximum atomic E-state index is 11.7. The minimum atomic E-state index is -1.39. The van der Waals surface area contributed by atoms with Crippen molar-refractivity contribution in [2.24, 2.45) is 0 Å². The third-order valence-electron chi connectivity index (χ3n) is 2.57. The first kappa shape index (κ1) is 12.9. The fraction of sp³-hybridized carbons (Fsp3) is 0.214. The molecule has 1 unspecified atom stereocenters. The van der Waals surface area contributed by atoms with Crippen LogP contribution in [-0.4, -0.2) is 16.1 Å². The van der Waals surface area contributed by atoms with Crippen molar-refractivity contribution in [2.75, 3.05) is 0 Å². The Morgan fingerprint density at radius 3 is 2.72 bits per heavy atom. The van der Waals surface area contributed by atoms with Gasteiger partial charge in [0.1, 0.15) is 6.61 Å². The number of carbonyl (C=O) groups excluding carboxylic acids is 1. The Labute approximate surface area is 110 Å². The molecule has 18 heavy (non-hydrogen) atoms. The first-order valence-corrected chi connectivity index (χ1v) is 5.96. The predicted molar refractivity (Wildman–Crippen MR) is 68.9 cm³/mol. The SMILES string of the molecule is O=C(OCc1ccccc1)C1=CCC(O)(Cl)C=C1. The number of rotatable bonds is 3. The molecule has 1 aliphatic rings. The lowest BCUT2D eigenvalue weighted by molar-refractivity contribution is -0.139. The van der Waals surface area contributed by atoms with Crippen LogP contribution in [0.15, 0.2) is 54.1 Å². The standard InChI is InChI=1S/C14H13ClO3/c15-14(17)8-6-12(7-9-14)13(16)18-10-11-4-2-1-3-5-11/h1-8,17H,9-10H2. The lowest BCUT2D eigenvalue weighted by atomic mass is 10.0. The van der Waals surface area contributed by atoms with E-state index >= 15 is 0 Å². The Hall–Kier alpha value is -1.58. The molecule has 0 radical (unpaired) electrons. The Kier molecular flexibility index (Phi) is 3.84. The Morgan fingerprint density at radius 1 is 1.39 bits per heavy atom. The second-order valence-corrected chi connectivity index (χ2v) is 4.73. The molecule has 0 aliphatic heterocycles. The molecule has 3 nitrogen and oxygen atoms in total. The summed E-state index contributed by atoms with van der Waals surface area (Å²) in [7, 11) is 0. The van der Waals surface area contributed by atoms with E-state index < -0.39 is 11.0 Å². The number of halogens is 1. The van der Waals surface area contributed by atoms with Crippen LogP contribution in [0.2, 0.25) is 0 Å². The molecule has 1 N–H and O–H groups in total. The highest BCUT2D eigenvalue weighted by Crippen LogP contribution is 2.25. The normalized spacial score (nSPS) is 22.4. The Balaban J connectivity index is 1.90. The first-order chi connectivity index (χ1) is 8.57. The number of hydrogen-bond donors (Lipinski definition) is 1. The highest BCUT2D eigenvalue weighted by Gasteiger charge is 2.23. The fourth-order valence-electron chi connectivity index (χ4n) is 1.56. The molecule has 0 amide bonds. The second-order valence-electron chi connectivity index (χ2n) is 4.08. The van der Waals surface area contributed by atoms with Gasteiger partial charge in [-0.25, -0.2) is 4.79 Å². The summed E-state index contributed by atoms with van der Waals surface area (Å²) in [5.74, 6) is -0.415. The van der Waals surface area contributed by atoms with Gasteiger partial charge in [0.25, 0.3) is 0 Å². The van der Waals surface area contributed by atoms with Crippen molar-refractivity contribution >= 4 is 17.6 Å². The number of esters is 1. The van der Waals surface area contributed by atoms with Gasteiger partial charge >= 0.3 is 5.97 Å². The summed E-state index contributed by atoms with van der Waals surface area (Å²) in [6.07, 6.45) is 4.62. The quantitative estimate of drug-likeness (QED) is 0.674. The largest absolute Gasteiger partial charge is 0.457 e. The number of aliphatic hydroxyl groups is 1. The van der Waals surface area contributed by atoms with Gasteiger partial charge in [0.2, 0.25) is 0 Å². The third kappa shape index (κ3) is 3.45. The number of alkyl halides is 1. The van der Waals surface area contributed by atoms with Gasteiger partial charge < -0.3 is 9.84 Å². The molecular weight excluding hydrogens is 252 g/mol. The molecule has 0 saturated carbocycles. The van der Waals surface area contributed by atoms with Gasteiger partial charge in [-0.1, -0.05) is 48.0 Å². The van der Waals surface area contributed by atoms with E-state index in [1.165, 1.54) is 12.2 Å². The van der Waals surface area contributed by atoms with Gasteiger partial charge in [0.05, 0.1) is 5.57 Å². The van der Waals surface area contributed by atoms with E-state index in [2.05, 4.69) is 0 Å². The van der Waals surface area contributed by atoms with Crippen LogP contribution in [0.4, 0.5) is 0 Å². The van der Waals surface area contributed by atoms with Crippen LogP contribution in [0.3, 0.4) is 0 Å². The molecule has 0 spiro atoms. The van der Waals surface area contributed by atoms with Crippen molar-refractivity contribution < 1.29 is 14.6 Å². The summed E-state index contributed by atoms with van der Waals surface area (Å²) in [6.45, 7) is 0.232. The van der Waals surface area contributed by atoms with Gasteiger partial charge in [0.15, 0.2) is 5.06 Å². The lowest BCUT2D eigenvalue weighted by Crippen LogP contribution is -2.20. The van der Waals surface area contributed by atoms with Crippen LogP contribution < -0.4 is 0 Å². The van der Waals surface area contributed by atoms with Crippen molar-refractivity contribution in [3.05, 3.63) is 59.7 Å². The van der Waals surface area contributed by atoms with Crippen LogP contribution in [0.1, 0.15) is 12.0 Å². The van der Waals surface area contributed by atoms with E-state index in [1.807, 2.05) is 30.3 Å². The van der Waals surface area contributed by atoms with E-state index in [0.29, 0.717) is 5.57 Å². The minimum Gasteiger partial charge on any atom is -0.457 e. The zero-order chi connectivity index (χ0) is 13.0. The van der Waals surface area contributed by atoms with E-state index in [4.69, 9.17) is 16.3 Å². The van der Waals surface area contributed by atoms with Gasteiger partial charge in [-0.05, 0) is 17.7 Å². The smallest absolute Gasteiger partial charge is 0.338 e. The van der Waals surface area contributed by atoms with Gasteiger partial charge in [-0.15, -0.1) is 0 Å². The molecule has 0 aromatic heterocycles. The lowest BCUT2D eigenvalue weighted by Gasteiger charge is -2.18. The Bertz CT molecular complexity index is 489. The molecule has 1 atom stereocenters. The van der Waals surface area contributed by atoms with Crippen molar-refractivity contribution in [3.8, 4) is 0 Å². The number of carbonyl (C=O) groups is 1. The molecule has 0 heterocycles. The molecule has 0 bridgehead atoms. The van der Waals surface area contributed by atoms with E-state index in [-0.39, 0.29) is 13.0 Å². The molecule has 94 valence electrons. The molecule has 1 aromatic carbocycles. The van der Waals surface area contributed by atoms with Gasteiger partial charge in [-0.3, -0.25) is 0 Å². The summed E-state index contributed by atoms with van der Waals surface area (Å²) in [5.41, 5.74) is 1.34. The van der Waals surface area contributed by atoms with Gasteiger partial charge in [0, 0.05) is 6.42 Å². The molecular formula is C14H13ClO3. The Morgan fingerprint density at radius 2 is 2.11 bits per heavy atom. The van der Waals surface area contributed by atoms with Crippen LogP contribution in [-0.2, 0) is 16.1 Å². The summed E-state index contributed by atoms with van der Waals surface area (Å²) < 4.78 is 5.15. The molecule has 0 saturated heterocycles. The number of ether oxygens (including phenoxy) is 1.